The Morgan fingerprint density at radius 2 is 0.879 bits per heavy atom. The number of ether oxygens (including phenoxy) is 2. The number of Topliss-reactive ketones (excluding diaryl/α,β-unsaturated/α-hetero) is 2. The van der Waals surface area contributed by atoms with Crippen molar-refractivity contribution in [2.75, 3.05) is 13.2 Å². The van der Waals surface area contributed by atoms with Crippen LogP contribution in [-0.4, -0.2) is 169 Å². The average Bonchev–Trinajstić information content (AvgIpc) is 3.31. The van der Waals surface area contributed by atoms with E-state index in [1.807, 2.05) is 0 Å². The first kappa shape index (κ1) is 60.3. The summed E-state index contributed by atoms with van der Waals surface area (Å²) in [5, 5.41) is 148. The lowest BCUT2D eigenvalue weighted by atomic mass is 9.59. The van der Waals surface area contributed by atoms with Crippen LogP contribution in [0.3, 0.4) is 0 Å². The normalized spacial score (nSPS) is 30.0. The number of ketones is 2. The Hall–Kier alpha value is -1.78. The van der Waals surface area contributed by atoms with E-state index in [0.717, 1.165) is 64.2 Å². The maximum Gasteiger partial charge on any atom is 0.234 e. The molecular weight excluding hydrogens is 861 g/mol. The van der Waals surface area contributed by atoms with Crippen LogP contribution in [0.5, 0.6) is 0 Å². The van der Waals surface area contributed by atoms with Crippen LogP contribution in [0.15, 0.2) is 24.3 Å². The minimum Gasteiger partial charge on any atom is -0.394 e. The van der Waals surface area contributed by atoms with Crippen LogP contribution in [0.1, 0.15) is 181 Å². The molecule has 2 saturated heterocycles. The Morgan fingerprint density at radius 3 is 1.29 bits per heavy atom. The van der Waals surface area contributed by atoms with Gasteiger partial charge >= 0.3 is 0 Å². The lowest BCUT2D eigenvalue weighted by Gasteiger charge is -2.63. The standard InChI is InChI=1S/C49H88O17/c1-3-5-7-9-11-13-15-17-18-20-22-24-26-28-30-32-38(53)46(61,43(58)35(52)31-29-27-25-23-21-19-16-14-12-10-8-6-4-2)49(64,47(62)44(59)41(56)39(54)36(33-50)65-47)48(63)45(60)42(57)40(55)37(34-51)66-48/h11,13,17-18,36-37,39-45,50-51,54-64H,3-10,12,14-16,19-34H2,1-2H3/b13-11+,18-17+/t36-,37-,39+,40+,41+,42+,43?,44-,45-,46?,47+,48+/m1/s1. The number of allylic oxidation sites excluding steroid dienone is 4. The molecule has 17 nitrogen and oxygen atoms in total. The summed E-state index contributed by atoms with van der Waals surface area (Å²) in [6, 6.07) is 0. The van der Waals surface area contributed by atoms with Gasteiger partial charge in [0, 0.05) is 12.8 Å². The van der Waals surface area contributed by atoms with E-state index in [-0.39, 0.29) is 12.8 Å². The van der Waals surface area contributed by atoms with Gasteiger partial charge in [-0.2, -0.15) is 0 Å². The Morgan fingerprint density at radius 1 is 0.530 bits per heavy atom. The first-order valence-corrected chi connectivity index (χ1v) is 25.0. The molecule has 0 aromatic rings. The van der Waals surface area contributed by atoms with Crippen LogP contribution in [-0.2, 0) is 19.1 Å². The molecule has 386 valence electrons. The van der Waals surface area contributed by atoms with Crippen molar-refractivity contribution >= 4 is 11.6 Å². The zero-order valence-corrected chi connectivity index (χ0v) is 39.8. The summed E-state index contributed by atoms with van der Waals surface area (Å²) < 4.78 is 10.6. The van der Waals surface area contributed by atoms with Crippen molar-refractivity contribution in [3.63, 3.8) is 0 Å². The molecule has 0 bridgehead atoms. The summed E-state index contributed by atoms with van der Waals surface area (Å²) in [7, 11) is 0. The molecular formula is C49H88O17. The van der Waals surface area contributed by atoms with Crippen molar-refractivity contribution < 1.29 is 85.4 Å². The summed E-state index contributed by atoms with van der Waals surface area (Å²) >= 11 is 0. The van der Waals surface area contributed by atoms with E-state index in [9.17, 15) is 76.0 Å². The fourth-order valence-corrected chi connectivity index (χ4v) is 9.23. The average molecular weight is 949 g/mol. The highest BCUT2D eigenvalue weighted by atomic mass is 16.7. The lowest BCUT2D eigenvalue weighted by Crippen LogP contribution is -2.92. The van der Waals surface area contributed by atoms with Gasteiger partial charge in [0.2, 0.25) is 17.2 Å². The SMILES string of the molecule is CCCCC/C=C/C/C=C/CCCCCCCC(=O)C(O)(C(O)C(=O)CCCCCCCCCCCCCCC)C(O)([C@@]1(O)O[C@H](CO)[C@H](O)[C@H](O)[C@H]1O)[C@@]1(O)O[C@H](CO)[C@H](O)[C@H](O)[C@H]1O. The first-order valence-electron chi connectivity index (χ1n) is 25.0. The Bertz CT molecular complexity index is 1370. The largest absolute Gasteiger partial charge is 0.394 e. The molecule has 0 radical (unpaired) electrons. The summed E-state index contributed by atoms with van der Waals surface area (Å²) in [6.07, 6.45) is 4.85. The Kier molecular flexibility index (Phi) is 28.1. The van der Waals surface area contributed by atoms with Crippen LogP contribution in [0.25, 0.3) is 0 Å². The molecule has 13 N–H and O–H groups in total. The van der Waals surface area contributed by atoms with Crippen molar-refractivity contribution in [2.24, 2.45) is 0 Å². The van der Waals surface area contributed by atoms with Gasteiger partial charge in [-0.05, 0) is 44.9 Å². The number of carbonyl (C=O) groups is 2. The predicted octanol–water partition coefficient (Wildman–Crippen LogP) is 2.57. The predicted molar refractivity (Wildman–Crippen MR) is 245 cm³/mol. The van der Waals surface area contributed by atoms with Gasteiger partial charge in [0.25, 0.3) is 0 Å². The second-order valence-electron chi connectivity index (χ2n) is 18.7. The molecule has 17 heteroatoms. The van der Waals surface area contributed by atoms with Gasteiger partial charge in [-0.15, -0.1) is 0 Å². The van der Waals surface area contributed by atoms with E-state index in [0.29, 0.717) is 25.7 Å². The topological polar surface area (TPSA) is 316 Å². The summed E-state index contributed by atoms with van der Waals surface area (Å²) in [6.45, 7) is 1.76. The van der Waals surface area contributed by atoms with Crippen molar-refractivity contribution in [1.82, 2.24) is 0 Å². The number of hydrogen-bond acceptors (Lipinski definition) is 17. The van der Waals surface area contributed by atoms with Crippen molar-refractivity contribution in [3.8, 4) is 0 Å². The first-order chi connectivity index (χ1) is 31.4. The molecule has 66 heavy (non-hydrogen) atoms. The molecule has 0 aliphatic carbocycles. The molecule has 2 rings (SSSR count). The molecule has 2 fully saturated rings. The van der Waals surface area contributed by atoms with E-state index in [1.165, 1.54) is 51.4 Å². The van der Waals surface area contributed by atoms with Gasteiger partial charge in [0.1, 0.15) is 48.8 Å². The van der Waals surface area contributed by atoms with Gasteiger partial charge in [0.15, 0.2) is 23.3 Å². The molecule has 0 spiro atoms. The molecule has 0 aromatic carbocycles. The maximum absolute atomic E-state index is 14.6. The summed E-state index contributed by atoms with van der Waals surface area (Å²) in [5.41, 5.74) is -8.94. The van der Waals surface area contributed by atoms with Gasteiger partial charge < -0.3 is 75.9 Å². The molecule has 0 saturated carbocycles. The van der Waals surface area contributed by atoms with Gasteiger partial charge in [-0.25, -0.2) is 0 Å². The van der Waals surface area contributed by atoms with Crippen LogP contribution in [0.2, 0.25) is 0 Å². The second kappa shape index (κ2) is 30.7. The highest BCUT2D eigenvalue weighted by Crippen LogP contribution is 2.53. The minimum atomic E-state index is -4.67. The van der Waals surface area contributed by atoms with Gasteiger partial charge in [-0.3, -0.25) is 9.59 Å². The third-order valence-corrected chi connectivity index (χ3v) is 13.5. The summed E-state index contributed by atoms with van der Waals surface area (Å²) in [5.74, 6) is -11.5. The van der Waals surface area contributed by atoms with Crippen LogP contribution in [0, 0.1) is 0 Å². The fraction of sp³-hybridized carbons (Fsp3) is 0.878. The number of carbonyl (C=O) groups excluding carboxylic acids is 2. The van der Waals surface area contributed by atoms with E-state index in [4.69, 9.17) is 9.47 Å². The number of hydrogen-bond donors (Lipinski definition) is 13. The van der Waals surface area contributed by atoms with E-state index in [1.54, 1.807) is 0 Å². The van der Waals surface area contributed by atoms with Gasteiger partial charge in [0.05, 0.1) is 13.2 Å². The van der Waals surface area contributed by atoms with Crippen molar-refractivity contribution in [2.45, 2.75) is 259 Å². The fourth-order valence-electron chi connectivity index (χ4n) is 9.23. The number of aliphatic hydroxyl groups is 13. The Balaban J connectivity index is 2.41. The lowest BCUT2D eigenvalue weighted by molar-refractivity contribution is -0.502. The molecule has 2 heterocycles. The molecule has 12 atom stereocenters. The molecule has 2 unspecified atom stereocenters. The number of aliphatic hydroxyl groups excluding tert-OH is 9. The zero-order valence-electron chi connectivity index (χ0n) is 39.8. The van der Waals surface area contributed by atoms with E-state index < -0.39 is 115 Å². The highest BCUT2D eigenvalue weighted by molar-refractivity contribution is 5.97. The number of rotatable bonds is 36. The monoisotopic (exact) mass is 949 g/mol. The van der Waals surface area contributed by atoms with Crippen molar-refractivity contribution in [3.05, 3.63) is 24.3 Å². The zero-order chi connectivity index (χ0) is 49.4. The van der Waals surface area contributed by atoms with Crippen LogP contribution >= 0.6 is 0 Å². The Labute approximate surface area is 392 Å². The third kappa shape index (κ3) is 15.4. The van der Waals surface area contributed by atoms with Crippen LogP contribution < -0.4 is 0 Å². The summed E-state index contributed by atoms with van der Waals surface area (Å²) in [4.78, 5) is 28.6. The van der Waals surface area contributed by atoms with E-state index in [2.05, 4.69) is 38.2 Å². The highest BCUT2D eigenvalue weighted by Gasteiger charge is 2.85. The smallest absolute Gasteiger partial charge is 0.234 e. The molecule has 2 aliphatic heterocycles. The second-order valence-corrected chi connectivity index (χ2v) is 18.7. The van der Waals surface area contributed by atoms with Gasteiger partial charge in [-0.1, -0.05) is 147 Å². The maximum atomic E-state index is 14.6. The minimum absolute atomic E-state index is 0.0689. The quantitative estimate of drug-likeness (QED) is 0.0317. The van der Waals surface area contributed by atoms with E-state index >= 15 is 0 Å². The molecule has 0 aromatic heterocycles. The third-order valence-electron chi connectivity index (χ3n) is 13.5. The molecule has 2 aliphatic rings. The van der Waals surface area contributed by atoms with Crippen LogP contribution in [0.4, 0.5) is 0 Å². The molecule has 0 amide bonds. The van der Waals surface area contributed by atoms with Crippen molar-refractivity contribution in [1.29, 1.82) is 0 Å². The number of unbranched alkanes of at least 4 members (excludes halogenated alkanes) is 20.